The monoisotopic (exact) mass is 398 g/mol. The summed E-state index contributed by atoms with van der Waals surface area (Å²) < 4.78 is 11.7. The van der Waals surface area contributed by atoms with Gasteiger partial charge in [-0.2, -0.15) is 0 Å². The number of ether oxygens (including phenoxy) is 2. The van der Waals surface area contributed by atoms with Gasteiger partial charge in [0.25, 0.3) is 0 Å². The number of fused-ring (bicyclic) bond motifs is 2. The van der Waals surface area contributed by atoms with Crippen molar-refractivity contribution in [1.29, 1.82) is 0 Å². The van der Waals surface area contributed by atoms with Gasteiger partial charge in [0, 0.05) is 62.4 Å². The Morgan fingerprint density at radius 2 is 1.90 bits per heavy atom. The van der Waals surface area contributed by atoms with E-state index in [1.807, 2.05) is 0 Å². The maximum absolute atomic E-state index is 6.11. The Morgan fingerprint density at radius 1 is 1.21 bits per heavy atom. The van der Waals surface area contributed by atoms with Gasteiger partial charge >= 0.3 is 0 Å². The van der Waals surface area contributed by atoms with E-state index in [4.69, 9.17) is 20.9 Å². The molecular formula is C23H34N4O2. The van der Waals surface area contributed by atoms with Gasteiger partial charge < -0.3 is 24.2 Å². The maximum Gasteiger partial charge on any atom is 0.131 e. The summed E-state index contributed by atoms with van der Waals surface area (Å²) in [6.07, 6.45) is 9.44. The summed E-state index contributed by atoms with van der Waals surface area (Å²) in [5.74, 6) is 4.14. The molecule has 6 nitrogen and oxygen atoms in total. The third-order valence-electron chi connectivity index (χ3n) is 6.20. The molecule has 0 radical (unpaired) electrons. The van der Waals surface area contributed by atoms with Crippen LogP contribution in [0.15, 0.2) is 6.07 Å². The Labute approximate surface area is 175 Å². The van der Waals surface area contributed by atoms with E-state index in [2.05, 4.69) is 47.7 Å². The molecule has 1 aromatic rings. The van der Waals surface area contributed by atoms with Gasteiger partial charge in [-0.05, 0) is 26.9 Å². The lowest BCUT2D eigenvalue weighted by molar-refractivity contribution is 0.0304. The van der Waals surface area contributed by atoms with Gasteiger partial charge in [0.2, 0.25) is 0 Å². The van der Waals surface area contributed by atoms with Crippen LogP contribution in [0.1, 0.15) is 43.4 Å². The van der Waals surface area contributed by atoms with Gasteiger partial charge in [-0.1, -0.05) is 6.92 Å². The molecule has 3 aliphatic heterocycles. The molecule has 0 aliphatic carbocycles. The number of pyridine rings is 1. The number of morpholine rings is 2. The van der Waals surface area contributed by atoms with E-state index in [1.165, 1.54) is 24.1 Å². The first-order valence-electron chi connectivity index (χ1n) is 10.9. The lowest BCUT2D eigenvalue weighted by Gasteiger charge is -2.37. The summed E-state index contributed by atoms with van der Waals surface area (Å²) in [6.45, 7) is 8.28. The van der Waals surface area contributed by atoms with E-state index < -0.39 is 0 Å². The SMILES string of the molecule is C#CCC(C)c1nc(N2CCOCC2)cc(N2CC3CCC(C2)O3)c1CN(C)C. The highest BCUT2D eigenvalue weighted by atomic mass is 16.5. The first-order chi connectivity index (χ1) is 14.0. The van der Waals surface area contributed by atoms with Gasteiger partial charge in [-0.3, -0.25) is 0 Å². The molecule has 1 aromatic heterocycles. The van der Waals surface area contributed by atoms with Crippen LogP contribution in [-0.4, -0.2) is 75.6 Å². The van der Waals surface area contributed by atoms with Crippen LogP contribution in [-0.2, 0) is 16.0 Å². The first kappa shape index (κ1) is 20.5. The Morgan fingerprint density at radius 3 is 2.52 bits per heavy atom. The van der Waals surface area contributed by atoms with Crippen molar-refractivity contribution in [1.82, 2.24) is 9.88 Å². The van der Waals surface area contributed by atoms with Crippen molar-refractivity contribution in [2.24, 2.45) is 0 Å². The van der Waals surface area contributed by atoms with Crippen molar-refractivity contribution in [2.45, 2.75) is 50.9 Å². The molecule has 3 fully saturated rings. The predicted molar refractivity (Wildman–Crippen MR) is 117 cm³/mol. The Kier molecular flexibility index (Phi) is 6.29. The molecule has 4 rings (SSSR count). The molecule has 0 N–H and O–H groups in total. The molecule has 2 bridgehead atoms. The quantitative estimate of drug-likeness (QED) is 0.686. The highest BCUT2D eigenvalue weighted by Gasteiger charge is 2.35. The zero-order valence-corrected chi connectivity index (χ0v) is 18.1. The van der Waals surface area contributed by atoms with E-state index in [9.17, 15) is 0 Å². The van der Waals surface area contributed by atoms with Gasteiger partial charge in [-0.25, -0.2) is 4.98 Å². The molecule has 158 valence electrons. The molecule has 29 heavy (non-hydrogen) atoms. The minimum atomic E-state index is 0.229. The number of aromatic nitrogens is 1. The highest BCUT2D eigenvalue weighted by molar-refractivity contribution is 5.63. The number of rotatable bonds is 6. The fraction of sp³-hybridized carbons (Fsp3) is 0.696. The van der Waals surface area contributed by atoms with Gasteiger partial charge in [-0.15, -0.1) is 12.3 Å². The van der Waals surface area contributed by atoms with Crippen LogP contribution >= 0.6 is 0 Å². The molecule has 0 saturated carbocycles. The lowest BCUT2D eigenvalue weighted by atomic mass is 9.96. The maximum atomic E-state index is 6.11. The van der Waals surface area contributed by atoms with Crippen molar-refractivity contribution >= 4 is 11.5 Å². The zero-order valence-electron chi connectivity index (χ0n) is 18.1. The number of nitrogens with zero attached hydrogens (tertiary/aromatic N) is 4. The summed E-state index contributed by atoms with van der Waals surface area (Å²) in [5, 5.41) is 0. The van der Waals surface area contributed by atoms with Gasteiger partial charge in [0.1, 0.15) is 5.82 Å². The molecule has 0 aromatic carbocycles. The van der Waals surface area contributed by atoms with Gasteiger partial charge in [0.15, 0.2) is 0 Å². The fourth-order valence-electron chi connectivity index (χ4n) is 4.77. The van der Waals surface area contributed by atoms with Crippen molar-refractivity contribution in [3.05, 3.63) is 17.3 Å². The molecule has 6 heteroatoms. The lowest BCUT2D eigenvalue weighted by Crippen LogP contribution is -2.44. The number of anilines is 2. The largest absolute Gasteiger partial charge is 0.378 e. The standard InChI is InChI=1S/C23H34N4O2/c1-5-6-17(2)23-20(16-25(3)4)21(27-14-18-7-8-19(15-27)29-18)13-22(24-23)26-9-11-28-12-10-26/h1,13,17-19H,6-12,14-16H2,2-4H3. The Hall–Kier alpha value is -1.81. The van der Waals surface area contributed by atoms with E-state index in [0.29, 0.717) is 18.6 Å². The Balaban J connectivity index is 1.78. The summed E-state index contributed by atoms with van der Waals surface area (Å²) in [7, 11) is 4.25. The average molecular weight is 399 g/mol. The Bertz CT molecular complexity index is 742. The topological polar surface area (TPSA) is 41.1 Å². The third kappa shape index (κ3) is 4.53. The van der Waals surface area contributed by atoms with Crippen LogP contribution in [0.5, 0.6) is 0 Å². The smallest absolute Gasteiger partial charge is 0.131 e. The zero-order chi connectivity index (χ0) is 20.4. The van der Waals surface area contributed by atoms with Crippen LogP contribution in [0.25, 0.3) is 0 Å². The highest BCUT2D eigenvalue weighted by Crippen LogP contribution is 2.37. The summed E-state index contributed by atoms with van der Waals surface area (Å²) in [4.78, 5) is 12.3. The van der Waals surface area contributed by atoms with Crippen LogP contribution in [0, 0.1) is 12.3 Å². The number of terminal acetylenes is 1. The average Bonchev–Trinajstić information content (AvgIpc) is 3.06. The summed E-state index contributed by atoms with van der Waals surface area (Å²) in [6, 6.07) is 2.31. The molecular weight excluding hydrogens is 364 g/mol. The molecule has 3 unspecified atom stereocenters. The van der Waals surface area contributed by atoms with Crippen molar-refractivity contribution in [2.75, 3.05) is 63.3 Å². The molecule has 3 atom stereocenters. The van der Waals surface area contributed by atoms with Gasteiger partial charge in [0.05, 0.1) is 31.1 Å². The molecule has 3 aliphatic rings. The summed E-state index contributed by atoms with van der Waals surface area (Å²) in [5.41, 5.74) is 3.78. The predicted octanol–water partition coefficient (Wildman–Crippen LogP) is 2.47. The van der Waals surface area contributed by atoms with Crippen molar-refractivity contribution in [3.8, 4) is 12.3 Å². The molecule has 3 saturated heterocycles. The van der Waals surface area contributed by atoms with Crippen molar-refractivity contribution in [3.63, 3.8) is 0 Å². The number of hydrogen-bond acceptors (Lipinski definition) is 6. The van der Waals surface area contributed by atoms with Crippen LogP contribution in [0.2, 0.25) is 0 Å². The molecule has 4 heterocycles. The van der Waals surface area contributed by atoms with E-state index in [1.54, 1.807) is 0 Å². The minimum absolute atomic E-state index is 0.229. The minimum Gasteiger partial charge on any atom is -0.378 e. The number of hydrogen-bond donors (Lipinski definition) is 0. The second-order valence-electron chi connectivity index (χ2n) is 8.87. The second kappa shape index (κ2) is 8.91. The normalized spacial score (nSPS) is 25.3. The molecule has 0 amide bonds. The first-order valence-corrected chi connectivity index (χ1v) is 10.9. The third-order valence-corrected chi connectivity index (χ3v) is 6.20. The fourth-order valence-corrected chi connectivity index (χ4v) is 4.77. The van der Waals surface area contributed by atoms with E-state index in [0.717, 1.165) is 57.4 Å². The van der Waals surface area contributed by atoms with E-state index >= 15 is 0 Å². The van der Waals surface area contributed by atoms with E-state index in [-0.39, 0.29) is 5.92 Å². The van der Waals surface area contributed by atoms with Crippen molar-refractivity contribution < 1.29 is 9.47 Å². The molecule has 0 spiro atoms. The second-order valence-corrected chi connectivity index (χ2v) is 8.87. The van der Waals surface area contributed by atoms with Crippen LogP contribution in [0.3, 0.4) is 0 Å². The van der Waals surface area contributed by atoms with Crippen LogP contribution in [0.4, 0.5) is 11.5 Å². The van der Waals surface area contributed by atoms with Crippen LogP contribution < -0.4 is 9.80 Å². The summed E-state index contributed by atoms with van der Waals surface area (Å²) >= 11 is 0.